The summed E-state index contributed by atoms with van der Waals surface area (Å²) in [7, 11) is 0. The summed E-state index contributed by atoms with van der Waals surface area (Å²) < 4.78 is 0. The third-order valence-electron chi connectivity index (χ3n) is 3.11. The molecule has 0 aliphatic heterocycles. The lowest BCUT2D eigenvalue weighted by atomic mass is 9.96. The van der Waals surface area contributed by atoms with E-state index in [-0.39, 0.29) is 0 Å². The van der Waals surface area contributed by atoms with Gasteiger partial charge in [-0.1, -0.05) is 64.5 Å². The topological polar surface area (TPSA) is 0 Å². The molecule has 0 saturated carbocycles. The zero-order chi connectivity index (χ0) is 12.3. The van der Waals surface area contributed by atoms with E-state index in [2.05, 4.69) is 78.3 Å². The number of aryl methyl sites for hydroxylation is 2. The molecule has 0 amide bonds. The molecular weight excluding hydrogens is 272 g/mol. The second kappa shape index (κ2) is 5.50. The van der Waals surface area contributed by atoms with Crippen molar-refractivity contribution in [2.75, 3.05) is 0 Å². The van der Waals surface area contributed by atoms with E-state index in [0.29, 0.717) is 4.83 Å². The third-order valence-corrected chi connectivity index (χ3v) is 3.89. The highest BCUT2D eigenvalue weighted by molar-refractivity contribution is 9.09. The first-order chi connectivity index (χ1) is 8.18. The van der Waals surface area contributed by atoms with Gasteiger partial charge >= 0.3 is 0 Å². The van der Waals surface area contributed by atoms with Crippen LogP contribution in [-0.4, -0.2) is 0 Å². The SMILES string of the molecule is Cc1cccc(C)c1C(Br)Cc1ccccc1. The highest BCUT2D eigenvalue weighted by atomic mass is 79.9. The maximum atomic E-state index is 3.82. The summed E-state index contributed by atoms with van der Waals surface area (Å²) in [6.45, 7) is 4.36. The Morgan fingerprint density at radius 3 is 2.06 bits per heavy atom. The van der Waals surface area contributed by atoms with E-state index in [4.69, 9.17) is 0 Å². The summed E-state index contributed by atoms with van der Waals surface area (Å²) in [5.41, 5.74) is 5.53. The Labute approximate surface area is 112 Å². The molecule has 0 nitrogen and oxygen atoms in total. The summed E-state index contributed by atoms with van der Waals surface area (Å²) in [6, 6.07) is 17.1. The summed E-state index contributed by atoms with van der Waals surface area (Å²) >= 11 is 3.82. The molecule has 17 heavy (non-hydrogen) atoms. The molecule has 0 aromatic heterocycles. The van der Waals surface area contributed by atoms with Crippen LogP contribution in [0.3, 0.4) is 0 Å². The van der Waals surface area contributed by atoms with Gasteiger partial charge in [-0.15, -0.1) is 0 Å². The Morgan fingerprint density at radius 2 is 1.47 bits per heavy atom. The average molecular weight is 289 g/mol. The molecule has 0 aliphatic rings. The quantitative estimate of drug-likeness (QED) is 0.699. The molecule has 0 spiro atoms. The van der Waals surface area contributed by atoms with Gasteiger partial charge in [0.25, 0.3) is 0 Å². The molecule has 0 fully saturated rings. The van der Waals surface area contributed by atoms with E-state index >= 15 is 0 Å². The lowest BCUT2D eigenvalue weighted by molar-refractivity contribution is 0.927. The third kappa shape index (κ3) is 2.98. The maximum absolute atomic E-state index is 3.82. The highest BCUT2D eigenvalue weighted by Crippen LogP contribution is 2.31. The smallest absolute Gasteiger partial charge is 0.0440 e. The fourth-order valence-electron chi connectivity index (χ4n) is 2.24. The largest absolute Gasteiger partial charge is 0.0835 e. The Morgan fingerprint density at radius 1 is 0.882 bits per heavy atom. The van der Waals surface area contributed by atoms with Crippen molar-refractivity contribution in [2.24, 2.45) is 0 Å². The Kier molecular flexibility index (Phi) is 4.01. The normalized spacial score (nSPS) is 12.4. The lowest BCUT2D eigenvalue weighted by Gasteiger charge is -2.16. The van der Waals surface area contributed by atoms with Gasteiger partial charge < -0.3 is 0 Å². The Bertz CT molecular complexity index is 468. The van der Waals surface area contributed by atoms with Crippen LogP contribution in [0.25, 0.3) is 0 Å². The van der Waals surface area contributed by atoms with Crippen LogP contribution in [-0.2, 0) is 6.42 Å². The fourth-order valence-corrected chi connectivity index (χ4v) is 3.34. The first kappa shape index (κ1) is 12.4. The van der Waals surface area contributed by atoms with E-state index in [9.17, 15) is 0 Å². The monoisotopic (exact) mass is 288 g/mol. The molecule has 0 radical (unpaired) electrons. The standard InChI is InChI=1S/C16H17Br/c1-12-7-6-8-13(2)16(12)15(17)11-14-9-4-3-5-10-14/h3-10,15H,11H2,1-2H3. The van der Waals surface area contributed by atoms with Crippen molar-refractivity contribution in [1.82, 2.24) is 0 Å². The number of alkyl halides is 1. The summed E-state index contributed by atoms with van der Waals surface area (Å²) in [5.74, 6) is 0. The van der Waals surface area contributed by atoms with Crippen LogP contribution >= 0.6 is 15.9 Å². The van der Waals surface area contributed by atoms with Gasteiger partial charge in [0.15, 0.2) is 0 Å². The molecule has 0 bridgehead atoms. The van der Waals surface area contributed by atoms with Crippen LogP contribution in [0.15, 0.2) is 48.5 Å². The second-order valence-corrected chi connectivity index (χ2v) is 5.57. The van der Waals surface area contributed by atoms with Gasteiger partial charge in [0, 0.05) is 4.83 Å². The first-order valence-corrected chi connectivity index (χ1v) is 6.84. The molecule has 88 valence electrons. The van der Waals surface area contributed by atoms with Crippen molar-refractivity contribution >= 4 is 15.9 Å². The highest BCUT2D eigenvalue weighted by Gasteiger charge is 2.13. The number of rotatable bonds is 3. The van der Waals surface area contributed by atoms with Gasteiger partial charge in [-0.3, -0.25) is 0 Å². The maximum Gasteiger partial charge on any atom is 0.0440 e. The van der Waals surface area contributed by atoms with Crippen LogP contribution in [0.5, 0.6) is 0 Å². The molecule has 1 heteroatoms. The second-order valence-electron chi connectivity index (χ2n) is 4.46. The van der Waals surface area contributed by atoms with Crippen LogP contribution in [0.4, 0.5) is 0 Å². The zero-order valence-corrected chi connectivity index (χ0v) is 11.9. The van der Waals surface area contributed by atoms with E-state index in [1.54, 1.807) is 0 Å². The summed E-state index contributed by atoms with van der Waals surface area (Å²) in [4.78, 5) is 0.395. The van der Waals surface area contributed by atoms with Crippen LogP contribution in [0.2, 0.25) is 0 Å². The fraction of sp³-hybridized carbons (Fsp3) is 0.250. The van der Waals surface area contributed by atoms with Gasteiger partial charge in [0.2, 0.25) is 0 Å². The predicted molar refractivity (Wildman–Crippen MR) is 77.7 cm³/mol. The molecule has 2 aromatic carbocycles. The van der Waals surface area contributed by atoms with Gasteiger partial charge in [-0.05, 0) is 42.5 Å². The van der Waals surface area contributed by atoms with Crippen molar-refractivity contribution in [3.05, 3.63) is 70.8 Å². The molecule has 1 unspecified atom stereocenters. The lowest BCUT2D eigenvalue weighted by Crippen LogP contribution is -2.00. The summed E-state index contributed by atoms with van der Waals surface area (Å²) in [5, 5.41) is 0. The van der Waals surface area contributed by atoms with Crippen molar-refractivity contribution in [3.63, 3.8) is 0 Å². The number of hydrogen-bond acceptors (Lipinski definition) is 0. The molecule has 1 atom stereocenters. The zero-order valence-electron chi connectivity index (χ0n) is 10.3. The van der Waals surface area contributed by atoms with Crippen molar-refractivity contribution in [1.29, 1.82) is 0 Å². The molecule has 2 rings (SSSR count). The molecule has 2 aromatic rings. The number of halogens is 1. The van der Waals surface area contributed by atoms with E-state index < -0.39 is 0 Å². The van der Waals surface area contributed by atoms with Gasteiger partial charge in [0.05, 0.1) is 0 Å². The Balaban J connectivity index is 2.23. The van der Waals surface area contributed by atoms with E-state index in [1.165, 1.54) is 22.3 Å². The minimum absolute atomic E-state index is 0.395. The summed E-state index contributed by atoms with van der Waals surface area (Å²) in [6.07, 6.45) is 1.03. The van der Waals surface area contributed by atoms with Crippen molar-refractivity contribution < 1.29 is 0 Å². The van der Waals surface area contributed by atoms with Crippen molar-refractivity contribution in [2.45, 2.75) is 25.1 Å². The molecule has 0 heterocycles. The van der Waals surface area contributed by atoms with E-state index in [1.807, 2.05) is 0 Å². The predicted octanol–water partition coefficient (Wildman–Crippen LogP) is 4.98. The molecule has 0 N–H and O–H groups in total. The minimum atomic E-state index is 0.395. The molecular formula is C16H17Br. The van der Waals surface area contributed by atoms with Crippen molar-refractivity contribution in [3.8, 4) is 0 Å². The minimum Gasteiger partial charge on any atom is -0.0835 e. The molecule has 0 aliphatic carbocycles. The van der Waals surface area contributed by atoms with Crippen LogP contribution < -0.4 is 0 Å². The molecule has 0 saturated heterocycles. The van der Waals surface area contributed by atoms with Gasteiger partial charge in [-0.2, -0.15) is 0 Å². The number of hydrogen-bond donors (Lipinski definition) is 0. The van der Waals surface area contributed by atoms with Crippen LogP contribution in [0, 0.1) is 13.8 Å². The Hall–Kier alpha value is -1.08. The van der Waals surface area contributed by atoms with Gasteiger partial charge in [0.1, 0.15) is 0 Å². The number of benzene rings is 2. The first-order valence-electron chi connectivity index (χ1n) is 5.92. The average Bonchev–Trinajstić information content (AvgIpc) is 2.30. The van der Waals surface area contributed by atoms with Crippen LogP contribution in [0.1, 0.15) is 27.1 Å². The van der Waals surface area contributed by atoms with Gasteiger partial charge in [-0.25, -0.2) is 0 Å². The van der Waals surface area contributed by atoms with E-state index in [0.717, 1.165) is 6.42 Å².